The number of pyridine rings is 1. The topological polar surface area (TPSA) is 91.4 Å². The summed E-state index contributed by atoms with van der Waals surface area (Å²) >= 11 is 0. The average Bonchev–Trinajstić information content (AvgIpc) is 2.96. The number of sulfone groups is 1. The van der Waals surface area contributed by atoms with Gasteiger partial charge >= 0.3 is 0 Å². The van der Waals surface area contributed by atoms with Gasteiger partial charge in [-0.1, -0.05) is 18.9 Å². The Hall–Kier alpha value is -1.67. The molecule has 3 heterocycles. The van der Waals surface area contributed by atoms with Crippen molar-refractivity contribution in [1.82, 2.24) is 15.6 Å². The van der Waals surface area contributed by atoms with E-state index in [1.807, 2.05) is 12.1 Å². The Labute approximate surface area is 161 Å². The third-order valence-corrected chi connectivity index (χ3v) is 7.74. The lowest BCUT2D eigenvalue weighted by Gasteiger charge is -2.34. The molecule has 8 heteroatoms. The summed E-state index contributed by atoms with van der Waals surface area (Å²) in [5, 5.41) is 5.95. The van der Waals surface area contributed by atoms with Crippen molar-refractivity contribution in [2.75, 3.05) is 37.3 Å². The molecule has 0 bridgehead atoms. The molecule has 1 aromatic rings. The third-order valence-electron chi connectivity index (χ3n) is 5.73. The number of aromatic nitrogens is 1. The van der Waals surface area contributed by atoms with Gasteiger partial charge in [0.25, 0.3) is 0 Å². The molecule has 0 saturated carbocycles. The Bertz CT molecular complexity index is 735. The molecule has 150 valence electrons. The van der Waals surface area contributed by atoms with E-state index in [0.717, 1.165) is 30.7 Å². The highest BCUT2D eigenvalue weighted by molar-refractivity contribution is 7.92. The van der Waals surface area contributed by atoms with Crippen molar-refractivity contribution < 1.29 is 13.2 Å². The van der Waals surface area contributed by atoms with Crippen molar-refractivity contribution in [2.24, 2.45) is 0 Å². The molecule has 0 atom stereocenters. The molecule has 0 aromatic carbocycles. The molecule has 2 N–H and O–H groups in total. The Balaban J connectivity index is 1.62. The van der Waals surface area contributed by atoms with Crippen LogP contribution in [0, 0.1) is 0 Å². The predicted molar refractivity (Wildman–Crippen MR) is 106 cm³/mol. The minimum absolute atomic E-state index is 0.289. The van der Waals surface area contributed by atoms with Gasteiger partial charge in [0, 0.05) is 32.1 Å². The molecule has 2 aliphatic rings. The van der Waals surface area contributed by atoms with Crippen molar-refractivity contribution >= 4 is 21.6 Å². The monoisotopic (exact) mass is 394 g/mol. The Morgan fingerprint density at radius 1 is 1.19 bits per heavy atom. The van der Waals surface area contributed by atoms with Gasteiger partial charge in [0.2, 0.25) is 5.91 Å². The van der Waals surface area contributed by atoms with E-state index in [1.54, 1.807) is 6.20 Å². The molecule has 0 radical (unpaired) electrons. The van der Waals surface area contributed by atoms with E-state index in [1.165, 1.54) is 25.7 Å². The van der Waals surface area contributed by atoms with Crippen molar-refractivity contribution in [2.45, 2.75) is 49.8 Å². The number of piperidine rings is 1. The van der Waals surface area contributed by atoms with Crippen LogP contribution >= 0.6 is 0 Å². The normalized spacial score (nSPS) is 20.7. The van der Waals surface area contributed by atoms with Gasteiger partial charge < -0.3 is 15.5 Å². The molecule has 2 fully saturated rings. The van der Waals surface area contributed by atoms with E-state index in [2.05, 4.69) is 20.5 Å². The number of amides is 1. The SMILES string of the molecule is CS(=O)(=O)C1(C(=O)NCc2ccc(N3CCCCCC3)nc2)CCNCC1. The molecule has 1 amide bonds. The van der Waals surface area contributed by atoms with E-state index in [4.69, 9.17) is 0 Å². The number of rotatable bonds is 5. The predicted octanol–water partition coefficient (Wildman–Crippen LogP) is 1.24. The minimum Gasteiger partial charge on any atom is -0.357 e. The second-order valence-corrected chi connectivity index (χ2v) is 9.95. The van der Waals surface area contributed by atoms with Crippen molar-refractivity contribution in [3.8, 4) is 0 Å². The molecule has 0 unspecified atom stereocenters. The summed E-state index contributed by atoms with van der Waals surface area (Å²) in [6.07, 6.45) is 8.50. The summed E-state index contributed by atoms with van der Waals surface area (Å²) in [7, 11) is -3.49. The Kier molecular flexibility index (Phi) is 6.37. The third kappa shape index (κ3) is 4.60. The van der Waals surface area contributed by atoms with Gasteiger partial charge in [0.05, 0.1) is 0 Å². The van der Waals surface area contributed by atoms with Gasteiger partial charge in [-0.15, -0.1) is 0 Å². The zero-order chi connectivity index (χ0) is 19.3. The lowest BCUT2D eigenvalue weighted by molar-refractivity contribution is -0.124. The molecular formula is C19H30N4O3S. The van der Waals surface area contributed by atoms with E-state index in [9.17, 15) is 13.2 Å². The van der Waals surface area contributed by atoms with Crippen LogP contribution in [0.15, 0.2) is 18.3 Å². The zero-order valence-corrected chi connectivity index (χ0v) is 16.9. The molecule has 1 aromatic heterocycles. The first-order chi connectivity index (χ1) is 12.9. The molecule has 3 rings (SSSR count). The largest absolute Gasteiger partial charge is 0.357 e. The zero-order valence-electron chi connectivity index (χ0n) is 16.0. The standard InChI is InChI=1S/C19H30N4O3S/c1-27(25,26)19(8-10-20-11-9-19)18(24)22-15-16-6-7-17(21-14-16)23-12-4-2-3-5-13-23/h6-7,14,20H,2-5,8-13,15H2,1H3,(H,22,24). The van der Waals surface area contributed by atoms with Crippen LogP contribution in [0.25, 0.3) is 0 Å². The van der Waals surface area contributed by atoms with Crippen LogP contribution in [0.1, 0.15) is 44.1 Å². The summed E-state index contributed by atoms with van der Waals surface area (Å²) in [5.41, 5.74) is 0.875. The van der Waals surface area contributed by atoms with E-state index in [-0.39, 0.29) is 6.54 Å². The number of carbonyl (C=O) groups excluding carboxylic acids is 1. The van der Waals surface area contributed by atoms with Crippen LogP contribution in [0.4, 0.5) is 5.82 Å². The summed E-state index contributed by atoms with van der Waals surface area (Å²) in [5.74, 6) is 0.570. The second kappa shape index (κ2) is 8.56. The van der Waals surface area contributed by atoms with Gasteiger partial charge in [-0.2, -0.15) is 0 Å². The maximum absolute atomic E-state index is 12.7. The Morgan fingerprint density at radius 2 is 1.85 bits per heavy atom. The van der Waals surface area contributed by atoms with Crippen LogP contribution < -0.4 is 15.5 Å². The molecule has 2 aliphatic heterocycles. The van der Waals surface area contributed by atoms with Crippen LogP contribution in [-0.2, 0) is 21.2 Å². The average molecular weight is 395 g/mol. The summed E-state index contributed by atoms with van der Waals surface area (Å²) in [6.45, 7) is 3.43. The molecule has 27 heavy (non-hydrogen) atoms. The number of hydrogen-bond acceptors (Lipinski definition) is 6. The van der Waals surface area contributed by atoms with E-state index >= 15 is 0 Å². The van der Waals surface area contributed by atoms with Crippen LogP contribution in [0.3, 0.4) is 0 Å². The number of carbonyl (C=O) groups is 1. The fourth-order valence-corrected chi connectivity index (χ4v) is 5.30. The summed E-state index contributed by atoms with van der Waals surface area (Å²) in [6, 6.07) is 3.95. The molecule has 0 spiro atoms. The number of hydrogen-bond donors (Lipinski definition) is 2. The van der Waals surface area contributed by atoms with Crippen LogP contribution in [0.2, 0.25) is 0 Å². The van der Waals surface area contributed by atoms with Gasteiger partial charge in [-0.25, -0.2) is 13.4 Å². The fourth-order valence-electron chi connectivity index (χ4n) is 3.95. The van der Waals surface area contributed by atoms with Gasteiger partial charge in [-0.05, 0) is 50.4 Å². The fraction of sp³-hybridized carbons (Fsp3) is 0.684. The van der Waals surface area contributed by atoms with Gasteiger partial charge in [0.1, 0.15) is 5.82 Å². The summed E-state index contributed by atoms with van der Waals surface area (Å²) in [4.78, 5) is 19.6. The smallest absolute Gasteiger partial charge is 0.241 e. The molecule has 2 saturated heterocycles. The number of nitrogens with one attached hydrogen (secondary N) is 2. The minimum atomic E-state index is -3.49. The van der Waals surface area contributed by atoms with Crippen LogP contribution in [-0.4, -0.2) is 56.5 Å². The quantitative estimate of drug-likeness (QED) is 0.781. The van der Waals surface area contributed by atoms with Crippen molar-refractivity contribution in [3.63, 3.8) is 0 Å². The summed E-state index contributed by atoms with van der Waals surface area (Å²) < 4.78 is 23.3. The number of anilines is 1. The van der Waals surface area contributed by atoms with Gasteiger partial charge in [-0.3, -0.25) is 4.79 Å². The van der Waals surface area contributed by atoms with E-state index in [0.29, 0.717) is 25.9 Å². The highest BCUT2D eigenvalue weighted by Gasteiger charge is 2.48. The van der Waals surface area contributed by atoms with Crippen molar-refractivity contribution in [3.05, 3.63) is 23.9 Å². The first-order valence-corrected chi connectivity index (χ1v) is 11.7. The molecule has 0 aliphatic carbocycles. The highest BCUT2D eigenvalue weighted by atomic mass is 32.2. The van der Waals surface area contributed by atoms with Crippen molar-refractivity contribution in [1.29, 1.82) is 0 Å². The van der Waals surface area contributed by atoms with Crippen LogP contribution in [0.5, 0.6) is 0 Å². The van der Waals surface area contributed by atoms with E-state index < -0.39 is 20.5 Å². The molecular weight excluding hydrogens is 364 g/mol. The maximum Gasteiger partial charge on any atom is 0.241 e. The number of nitrogens with zero attached hydrogens (tertiary/aromatic N) is 2. The lowest BCUT2D eigenvalue weighted by atomic mass is 9.96. The first-order valence-electron chi connectivity index (χ1n) is 9.81. The maximum atomic E-state index is 12.7. The van der Waals surface area contributed by atoms with Gasteiger partial charge in [0.15, 0.2) is 14.6 Å². The second-order valence-electron chi connectivity index (χ2n) is 7.63. The molecule has 7 nitrogen and oxygen atoms in total. The Morgan fingerprint density at radius 3 is 2.41 bits per heavy atom. The lowest BCUT2D eigenvalue weighted by Crippen LogP contribution is -2.57. The highest BCUT2D eigenvalue weighted by Crippen LogP contribution is 2.28. The first kappa shape index (κ1) is 20.1.